The standard InChI is InChI=1S/C20H34N4O2S.HI/c1-15(2)23(8)27(25,26)17-11-9-16(10-12-17)13-22-18(21-7)24-14-19(3,4)20(24,5)6;/h9-12,15H,13-14H2,1-8H3,(H,21,22);1H. The Morgan fingerprint density at radius 1 is 1.21 bits per heavy atom. The topological polar surface area (TPSA) is 65.0 Å². The zero-order valence-corrected chi connectivity index (χ0v) is 21.4. The van der Waals surface area contributed by atoms with Gasteiger partial charge in [-0.05, 0) is 45.4 Å². The van der Waals surface area contributed by atoms with Gasteiger partial charge in [-0.25, -0.2) is 8.42 Å². The number of benzene rings is 1. The quantitative estimate of drug-likeness (QED) is 0.365. The van der Waals surface area contributed by atoms with E-state index in [0.29, 0.717) is 11.4 Å². The van der Waals surface area contributed by atoms with Gasteiger partial charge in [0.2, 0.25) is 10.0 Å². The third-order valence-electron chi connectivity index (χ3n) is 6.13. The first-order valence-electron chi connectivity index (χ1n) is 9.40. The van der Waals surface area contributed by atoms with Crippen molar-refractivity contribution < 1.29 is 8.42 Å². The Balaban J connectivity index is 0.00000392. The maximum atomic E-state index is 12.6. The summed E-state index contributed by atoms with van der Waals surface area (Å²) in [6.45, 7) is 14.3. The highest BCUT2D eigenvalue weighted by Crippen LogP contribution is 2.46. The van der Waals surface area contributed by atoms with Crippen molar-refractivity contribution in [3.05, 3.63) is 29.8 Å². The predicted octanol–water partition coefficient (Wildman–Crippen LogP) is 3.53. The van der Waals surface area contributed by atoms with Crippen molar-refractivity contribution in [2.45, 2.75) is 64.6 Å². The molecule has 1 N–H and O–H groups in total. The normalized spacial score (nSPS) is 18.6. The van der Waals surface area contributed by atoms with Gasteiger partial charge in [-0.15, -0.1) is 24.0 Å². The molecule has 0 unspecified atom stereocenters. The van der Waals surface area contributed by atoms with E-state index in [1.807, 2.05) is 26.0 Å². The van der Waals surface area contributed by atoms with Crippen LogP contribution in [0.1, 0.15) is 47.1 Å². The predicted molar refractivity (Wildman–Crippen MR) is 127 cm³/mol. The van der Waals surface area contributed by atoms with E-state index in [1.54, 1.807) is 26.2 Å². The number of likely N-dealkylation sites (tertiary alicyclic amines) is 1. The van der Waals surface area contributed by atoms with Gasteiger partial charge >= 0.3 is 0 Å². The highest BCUT2D eigenvalue weighted by molar-refractivity contribution is 14.0. The third kappa shape index (κ3) is 4.64. The molecule has 1 aromatic rings. The van der Waals surface area contributed by atoms with Crippen LogP contribution >= 0.6 is 24.0 Å². The van der Waals surface area contributed by atoms with Gasteiger partial charge in [0.1, 0.15) is 0 Å². The van der Waals surface area contributed by atoms with Crippen molar-refractivity contribution in [1.29, 1.82) is 0 Å². The zero-order chi connectivity index (χ0) is 20.6. The summed E-state index contributed by atoms with van der Waals surface area (Å²) in [5.74, 6) is 0.871. The summed E-state index contributed by atoms with van der Waals surface area (Å²) >= 11 is 0. The molecule has 1 heterocycles. The highest BCUT2D eigenvalue weighted by Gasteiger charge is 2.53. The second-order valence-electron chi connectivity index (χ2n) is 8.69. The summed E-state index contributed by atoms with van der Waals surface area (Å²) in [6.07, 6.45) is 0. The average Bonchev–Trinajstić information content (AvgIpc) is 2.60. The molecule has 0 bridgehead atoms. The van der Waals surface area contributed by atoms with Crippen LogP contribution in [0.4, 0.5) is 0 Å². The van der Waals surface area contributed by atoms with Crippen LogP contribution in [0.5, 0.6) is 0 Å². The molecule has 1 aliphatic heterocycles. The van der Waals surface area contributed by atoms with E-state index in [-0.39, 0.29) is 41.0 Å². The van der Waals surface area contributed by atoms with Crippen LogP contribution in [-0.2, 0) is 16.6 Å². The summed E-state index contributed by atoms with van der Waals surface area (Å²) in [7, 11) is -0.0469. The van der Waals surface area contributed by atoms with Crippen LogP contribution in [0, 0.1) is 5.41 Å². The van der Waals surface area contributed by atoms with E-state index in [4.69, 9.17) is 0 Å². The van der Waals surface area contributed by atoms with Gasteiger partial charge in [0, 0.05) is 44.2 Å². The van der Waals surface area contributed by atoms with Gasteiger partial charge in [-0.2, -0.15) is 4.31 Å². The summed E-state index contributed by atoms with van der Waals surface area (Å²) in [4.78, 5) is 7.01. The average molecular weight is 522 g/mol. The minimum absolute atomic E-state index is 0. The molecule has 0 spiro atoms. The Morgan fingerprint density at radius 3 is 2.14 bits per heavy atom. The number of hydrogen-bond donors (Lipinski definition) is 1. The first-order valence-corrected chi connectivity index (χ1v) is 10.8. The van der Waals surface area contributed by atoms with Gasteiger partial charge in [-0.1, -0.05) is 26.0 Å². The molecule has 8 heteroatoms. The molecule has 28 heavy (non-hydrogen) atoms. The zero-order valence-electron chi connectivity index (χ0n) is 18.3. The highest BCUT2D eigenvalue weighted by atomic mass is 127. The number of hydrogen-bond acceptors (Lipinski definition) is 3. The van der Waals surface area contributed by atoms with Crippen LogP contribution in [0.3, 0.4) is 0 Å². The molecular weight excluding hydrogens is 487 g/mol. The summed E-state index contributed by atoms with van der Waals surface area (Å²) < 4.78 is 26.5. The lowest BCUT2D eigenvalue weighted by Crippen LogP contribution is -2.72. The summed E-state index contributed by atoms with van der Waals surface area (Å²) in [5, 5.41) is 3.40. The number of aliphatic imine (C=N–C) groups is 1. The first-order chi connectivity index (χ1) is 12.3. The number of sulfonamides is 1. The number of guanidine groups is 1. The Hall–Kier alpha value is -0.870. The molecule has 2 rings (SSSR count). The van der Waals surface area contributed by atoms with Crippen molar-refractivity contribution in [2.75, 3.05) is 20.6 Å². The Labute approximate surface area is 187 Å². The fraction of sp³-hybridized carbons (Fsp3) is 0.650. The van der Waals surface area contributed by atoms with Crippen LogP contribution in [0.25, 0.3) is 0 Å². The molecule has 1 fully saturated rings. The second kappa shape index (κ2) is 8.87. The number of rotatable bonds is 5. The van der Waals surface area contributed by atoms with E-state index >= 15 is 0 Å². The van der Waals surface area contributed by atoms with Crippen LogP contribution < -0.4 is 5.32 Å². The van der Waals surface area contributed by atoms with Crippen molar-refractivity contribution in [1.82, 2.24) is 14.5 Å². The molecule has 0 amide bonds. The lowest BCUT2D eigenvalue weighted by molar-refractivity contribution is -0.0667. The van der Waals surface area contributed by atoms with Gasteiger partial charge < -0.3 is 10.2 Å². The molecule has 0 radical (unpaired) electrons. The molecular formula is C20H35IN4O2S. The van der Waals surface area contributed by atoms with E-state index in [0.717, 1.165) is 18.1 Å². The molecule has 0 saturated carbocycles. The van der Waals surface area contributed by atoms with E-state index in [2.05, 4.69) is 42.9 Å². The SMILES string of the molecule is CN=C(NCc1ccc(S(=O)(=O)N(C)C(C)C)cc1)N1CC(C)(C)C1(C)C.I. The minimum Gasteiger partial charge on any atom is -0.352 e. The van der Waals surface area contributed by atoms with Crippen molar-refractivity contribution in [3.8, 4) is 0 Å². The fourth-order valence-electron chi connectivity index (χ4n) is 3.10. The number of nitrogens with zero attached hydrogens (tertiary/aromatic N) is 3. The van der Waals surface area contributed by atoms with E-state index in [1.165, 1.54) is 4.31 Å². The Morgan fingerprint density at radius 2 is 1.75 bits per heavy atom. The maximum Gasteiger partial charge on any atom is 0.243 e. The van der Waals surface area contributed by atoms with Gasteiger partial charge in [0.15, 0.2) is 5.96 Å². The summed E-state index contributed by atoms with van der Waals surface area (Å²) in [5.41, 5.74) is 1.29. The largest absolute Gasteiger partial charge is 0.352 e. The lowest BCUT2D eigenvalue weighted by atomic mass is 9.65. The number of nitrogens with one attached hydrogen (secondary N) is 1. The van der Waals surface area contributed by atoms with Gasteiger partial charge in [0.25, 0.3) is 0 Å². The minimum atomic E-state index is -3.45. The molecule has 1 aromatic carbocycles. The molecule has 0 aromatic heterocycles. The van der Waals surface area contributed by atoms with Crippen LogP contribution in [-0.4, -0.2) is 55.8 Å². The fourth-order valence-corrected chi connectivity index (χ4v) is 4.47. The molecule has 1 saturated heterocycles. The van der Waals surface area contributed by atoms with Crippen LogP contribution in [0.2, 0.25) is 0 Å². The maximum absolute atomic E-state index is 12.6. The van der Waals surface area contributed by atoms with Gasteiger partial charge in [0.05, 0.1) is 4.90 Å². The number of halogens is 1. The molecule has 0 aliphatic carbocycles. The Bertz CT molecular complexity index is 802. The van der Waals surface area contributed by atoms with Crippen molar-refractivity contribution >= 4 is 40.0 Å². The smallest absolute Gasteiger partial charge is 0.243 e. The molecule has 1 aliphatic rings. The summed E-state index contributed by atoms with van der Waals surface area (Å²) in [6, 6.07) is 6.97. The first kappa shape index (κ1) is 25.2. The molecule has 160 valence electrons. The lowest BCUT2D eigenvalue weighted by Gasteiger charge is -2.62. The van der Waals surface area contributed by atoms with Crippen molar-refractivity contribution in [3.63, 3.8) is 0 Å². The molecule has 0 atom stereocenters. The monoisotopic (exact) mass is 522 g/mol. The van der Waals surface area contributed by atoms with Crippen LogP contribution in [0.15, 0.2) is 34.2 Å². The third-order valence-corrected chi connectivity index (χ3v) is 8.18. The van der Waals surface area contributed by atoms with E-state index in [9.17, 15) is 8.42 Å². The van der Waals surface area contributed by atoms with E-state index < -0.39 is 10.0 Å². The molecule has 6 nitrogen and oxygen atoms in total. The van der Waals surface area contributed by atoms with Crippen molar-refractivity contribution in [2.24, 2.45) is 10.4 Å². The second-order valence-corrected chi connectivity index (χ2v) is 10.7. The Kier molecular flexibility index (Phi) is 7.97. The van der Waals surface area contributed by atoms with Gasteiger partial charge in [-0.3, -0.25) is 4.99 Å².